The Morgan fingerprint density at radius 3 is 2.35 bits per heavy atom. The van der Waals surface area contributed by atoms with Crippen LogP contribution in [-0.4, -0.2) is 53.4 Å². The number of fused-ring (bicyclic) bond motifs is 1. The maximum atomic E-state index is 13.5. The molecule has 0 atom stereocenters. The normalized spacial score (nSPS) is 19.2. The number of methoxy groups -OCH3 is 1. The lowest BCUT2D eigenvalue weighted by molar-refractivity contribution is 0.0488. The SMILES string of the molecule is COc1ccc(OCC2CC2)c(-c2ccnc3c(C(=O)NC4CCC(NC(=O)OC(C)(C)C)CC4)c(C)[nH]c23)c1. The lowest BCUT2D eigenvalue weighted by Gasteiger charge is -2.30. The van der Waals surface area contributed by atoms with Crippen molar-refractivity contribution in [3.05, 3.63) is 41.7 Å². The van der Waals surface area contributed by atoms with E-state index < -0.39 is 11.7 Å². The number of pyridine rings is 1. The Kier molecular flexibility index (Phi) is 7.92. The van der Waals surface area contributed by atoms with Crippen LogP contribution in [0.5, 0.6) is 11.5 Å². The van der Waals surface area contributed by atoms with Gasteiger partial charge in [-0.25, -0.2) is 4.79 Å². The van der Waals surface area contributed by atoms with E-state index in [1.54, 1.807) is 13.3 Å². The van der Waals surface area contributed by atoms with Crippen molar-refractivity contribution in [2.75, 3.05) is 13.7 Å². The second-order valence-corrected chi connectivity index (χ2v) is 12.0. The molecule has 3 N–H and O–H groups in total. The smallest absolute Gasteiger partial charge is 0.407 e. The van der Waals surface area contributed by atoms with Crippen LogP contribution in [0.4, 0.5) is 4.79 Å². The Hall–Kier alpha value is -3.75. The number of nitrogens with zero attached hydrogens (tertiary/aromatic N) is 1. The number of aromatic nitrogens is 2. The summed E-state index contributed by atoms with van der Waals surface area (Å²) in [5, 5.41) is 6.16. The van der Waals surface area contributed by atoms with Crippen LogP contribution >= 0.6 is 0 Å². The molecule has 2 fully saturated rings. The minimum atomic E-state index is -0.530. The van der Waals surface area contributed by atoms with Gasteiger partial charge in [-0.15, -0.1) is 0 Å². The molecular formula is C31H40N4O5. The fourth-order valence-corrected chi connectivity index (χ4v) is 5.29. The number of aryl methyl sites for hydroxylation is 1. The molecular weight excluding hydrogens is 508 g/mol. The number of hydrogen-bond acceptors (Lipinski definition) is 6. The summed E-state index contributed by atoms with van der Waals surface area (Å²) in [6.07, 6.45) is 6.86. The predicted molar refractivity (Wildman–Crippen MR) is 154 cm³/mol. The van der Waals surface area contributed by atoms with Crippen molar-refractivity contribution in [3.63, 3.8) is 0 Å². The van der Waals surface area contributed by atoms with Gasteiger partial charge in [-0.1, -0.05) is 0 Å². The minimum absolute atomic E-state index is 0.0255. The number of alkyl carbamates (subject to hydrolysis) is 1. The summed E-state index contributed by atoms with van der Waals surface area (Å²) in [5.41, 5.74) is 4.01. The number of aromatic amines is 1. The van der Waals surface area contributed by atoms with Crippen molar-refractivity contribution in [3.8, 4) is 22.6 Å². The largest absolute Gasteiger partial charge is 0.497 e. The van der Waals surface area contributed by atoms with Crippen molar-refractivity contribution in [1.29, 1.82) is 0 Å². The van der Waals surface area contributed by atoms with E-state index in [1.165, 1.54) is 12.8 Å². The Labute approximate surface area is 235 Å². The van der Waals surface area contributed by atoms with Crippen LogP contribution in [-0.2, 0) is 4.74 Å². The summed E-state index contributed by atoms with van der Waals surface area (Å²) in [4.78, 5) is 33.7. The third-order valence-electron chi connectivity index (χ3n) is 7.53. The lowest BCUT2D eigenvalue weighted by Crippen LogP contribution is -2.45. The molecule has 214 valence electrons. The molecule has 9 heteroatoms. The highest BCUT2D eigenvalue weighted by atomic mass is 16.6. The van der Waals surface area contributed by atoms with E-state index in [-0.39, 0.29) is 18.0 Å². The zero-order valence-electron chi connectivity index (χ0n) is 24.1. The predicted octanol–water partition coefficient (Wildman–Crippen LogP) is 5.90. The number of hydrogen-bond donors (Lipinski definition) is 3. The van der Waals surface area contributed by atoms with Gasteiger partial charge in [-0.2, -0.15) is 0 Å². The van der Waals surface area contributed by atoms with Crippen LogP contribution in [0.2, 0.25) is 0 Å². The number of H-pyrrole nitrogens is 1. The van der Waals surface area contributed by atoms with Crippen LogP contribution in [0.3, 0.4) is 0 Å². The van der Waals surface area contributed by atoms with Crippen molar-refractivity contribution in [1.82, 2.24) is 20.6 Å². The molecule has 0 unspecified atom stereocenters. The van der Waals surface area contributed by atoms with Crippen molar-refractivity contribution in [2.45, 2.75) is 83.9 Å². The quantitative estimate of drug-likeness (QED) is 0.323. The van der Waals surface area contributed by atoms with E-state index >= 15 is 0 Å². The topological polar surface area (TPSA) is 115 Å². The molecule has 0 saturated heterocycles. The summed E-state index contributed by atoms with van der Waals surface area (Å²) >= 11 is 0. The maximum absolute atomic E-state index is 13.5. The molecule has 2 heterocycles. The highest BCUT2D eigenvalue weighted by Gasteiger charge is 2.28. The molecule has 3 aromatic rings. The van der Waals surface area contributed by atoms with Gasteiger partial charge in [0.15, 0.2) is 0 Å². The molecule has 2 saturated carbocycles. The molecule has 0 spiro atoms. The second kappa shape index (κ2) is 11.4. The summed E-state index contributed by atoms with van der Waals surface area (Å²) in [5.74, 6) is 2.00. The Morgan fingerprint density at radius 1 is 1.00 bits per heavy atom. The van der Waals surface area contributed by atoms with E-state index in [4.69, 9.17) is 14.2 Å². The Morgan fingerprint density at radius 2 is 1.70 bits per heavy atom. The monoisotopic (exact) mass is 548 g/mol. The summed E-state index contributed by atoms with van der Waals surface area (Å²) in [6, 6.07) is 7.83. The van der Waals surface area contributed by atoms with Gasteiger partial charge in [0.1, 0.15) is 22.6 Å². The van der Waals surface area contributed by atoms with Gasteiger partial charge in [0.05, 0.1) is 24.8 Å². The van der Waals surface area contributed by atoms with E-state index in [1.807, 2.05) is 52.0 Å². The van der Waals surface area contributed by atoms with Crippen LogP contribution in [0.25, 0.3) is 22.2 Å². The van der Waals surface area contributed by atoms with Crippen LogP contribution < -0.4 is 20.1 Å². The second-order valence-electron chi connectivity index (χ2n) is 12.0. The van der Waals surface area contributed by atoms with Gasteiger partial charge in [0.25, 0.3) is 5.91 Å². The van der Waals surface area contributed by atoms with Gasteiger partial charge in [0, 0.05) is 35.1 Å². The fourth-order valence-electron chi connectivity index (χ4n) is 5.29. The first-order chi connectivity index (χ1) is 19.1. The first-order valence-electron chi connectivity index (χ1n) is 14.2. The molecule has 1 aromatic carbocycles. The van der Waals surface area contributed by atoms with Gasteiger partial charge in [-0.3, -0.25) is 9.78 Å². The molecule has 2 amide bonds. The van der Waals surface area contributed by atoms with Gasteiger partial charge >= 0.3 is 6.09 Å². The molecule has 5 rings (SSSR count). The zero-order valence-corrected chi connectivity index (χ0v) is 24.1. The third-order valence-corrected chi connectivity index (χ3v) is 7.53. The molecule has 9 nitrogen and oxygen atoms in total. The summed E-state index contributed by atoms with van der Waals surface area (Å²) in [6.45, 7) is 8.14. The van der Waals surface area contributed by atoms with Gasteiger partial charge in [0.2, 0.25) is 0 Å². The third kappa shape index (κ3) is 6.51. The number of nitrogens with one attached hydrogen (secondary N) is 3. The van der Waals surface area contributed by atoms with Crippen LogP contribution in [0, 0.1) is 12.8 Å². The Bertz CT molecular complexity index is 1380. The molecule has 2 aromatic heterocycles. The molecule has 2 aliphatic rings. The first-order valence-corrected chi connectivity index (χ1v) is 14.2. The van der Waals surface area contributed by atoms with E-state index in [0.29, 0.717) is 23.6 Å². The van der Waals surface area contributed by atoms with Crippen LogP contribution in [0.1, 0.15) is 75.3 Å². The lowest BCUT2D eigenvalue weighted by atomic mass is 9.91. The minimum Gasteiger partial charge on any atom is -0.497 e. The standard InChI is InChI=1S/C31H40N4O5/c1-18-26(29(36)34-20-8-10-21(11-9-20)35-30(37)40-31(2,3)4)28-27(33-18)23(14-15-32-28)24-16-22(38-5)12-13-25(24)39-17-19-6-7-19/h12-16,19-21,33H,6-11,17H2,1-5H3,(H,34,36)(H,35,37). The summed E-state index contributed by atoms with van der Waals surface area (Å²) < 4.78 is 17.1. The molecule has 2 aliphatic carbocycles. The van der Waals surface area contributed by atoms with Crippen LogP contribution in [0.15, 0.2) is 30.5 Å². The van der Waals surface area contributed by atoms with Gasteiger partial charge < -0.3 is 29.8 Å². The molecule has 0 radical (unpaired) electrons. The maximum Gasteiger partial charge on any atom is 0.407 e. The first kappa shape index (κ1) is 27.8. The highest BCUT2D eigenvalue weighted by Crippen LogP contribution is 2.39. The molecule has 40 heavy (non-hydrogen) atoms. The van der Waals surface area contributed by atoms with E-state index in [2.05, 4.69) is 20.6 Å². The molecule has 0 bridgehead atoms. The van der Waals surface area contributed by atoms with E-state index in [0.717, 1.165) is 59.5 Å². The average molecular weight is 549 g/mol. The zero-order chi connectivity index (χ0) is 28.4. The van der Waals surface area contributed by atoms with Crippen molar-refractivity contribution in [2.24, 2.45) is 5.92 Å². The number of carbonyl (C=O) groups is 2. The number of amides is 2. The highest BCUT2D eigenvalue weighted by molar-refractivity contribution is 6.09. The Balaban J connectivity index is 1.31. The number of ether oxygens (including phenoxy) is 3. The number of rotatable bonds is 8. The summed E-state index contributed by atoms with van der Waals surface area (Å²) in [7, 11) is 1.65. The van der Waals surface area contributed by atoms with E-state index in [9.17, 15) is 9.59 Å². The molecule has 0 aliphatic heterocycles. The number of carbonyl (C=O) groups excluding carboxylic acids is 2. The average Bonchev–Trinajstić information content (AvgIpc) is 3.67. The number of benzene rings is 1. The van der Waals surface area contributed by atoms with Crippen molar-refractivity contribution < 1.29 is 23.8 Å². The fraction of sp³-hybridized carbons (Fsp3) is 0.516. The van der Waals surface area contributed by atoms with Crippen molar-refractivity contribution >= 4 is 23.0 Å². The van der Waals surface area contributed by atoms with Gasteiger partial charge in [-0.05, 0) is 96.4 Å².